The molecule has 0 aromatic heterocycles. The van der Waals surface area contributed by atoms with Crippen LogP contribution in [0.4, 0.5) is 5.69 Å². The average Bonchev–Trinajstić information content (AvgIpc) is 2.58. The minimum atomic E-state index is 0.444. The van der Waals surface area contributed by atoms with Crippen molar-refractivity contribution in [2.24, 2.45) is 0 Å². The van der Waals surface area contributed by atoms with E-state index >= 15 is 0 Å². The lowest BCUT2D eigenvalue weighted by Crippen LogP contribution is -2.04. The molecule has 1 N–H and O–H groups in total. The molecule has 0 heterocycles. The number of anilines is 1. The first-order chi connectivity index (χ1) is 10.8. The van der Waals surface area contributed by atoms with Crippen molar-refractivity contribution >= 4 is 5.69 Å². The minimum Gasteiger partial charge on any atom is -0.355 e. The van der Waals surface area contributed by atoms with Crippen molar-refractivity contribution in [2.45, 2.75) is 33.1 Å². The molecular formula is C21H27N. The molecule has 1 aromatic rings. The van der Waals surface area contributed by atoms with Crippen molar-refractivity contribution in [2.75, 3.05) is 5.32 Å². The van der Waals surface area contributed by atoms with Gasteiger partial charge in [0.15, 0.2) is 0 Å². The van der Waals surface area contributed by atoms with Gasteiger partial charge in [-0.05, 0) is 37.1 Å². The molecular weight excluding hydrogens is 266 g/mol. The van der Waals surface area contributed by atoms with Gasteiger partial charge in [-0.3, -0.25) is 0 Å². The summed E-state index contributed by atoms with van der Waals surface area (Å²) in [6, 6.07) is 8.48. The summed E-state index contributed by atoms with van der Waals surface area (Å²) < 4.78 is 0. The number of rotatable bonds is 5. The molecule has 0 spiro atoms. The smallest absolute Gasteiger partial charge is 0.0422 e. The van der Waals surface area contributed by atoms with Crippen molar-refractivity contribution in [3.05, 3.63) is 90.7 Å². The molecule has 1 heteroatoms. The second-order valence-corrected chi connectivity index (χ2v) is 4.73. The molecule has 1 atom stereocenters. The highest BCUT2D eigenvalue weighted by atomic mass is 14.9. The van der Waals surface area contributed by atoms with Gasteiger partial charge in [-0.15, -0.1) is 0 Å². The van der Waals surface area contributed by atoms with Gasteiger partial charge in [0.25, 0.3) is 0 Å². The Labute approximate surface area is 135 Å². The Morgan fingerprint density at radius 1 is 1.23 bits per heavy atom. The summed E-state index contributed by atoms with van der Waals surface area (Å²) in [5.41, 5.74) is 3.53. The van der Waals surface area contributed by atoms with Crippen LogP contribution in [0.15, 0.2) is 85.1 Å². The third kappa shape index (κ3) is 5.25. The molecule has 0 saturated carbocycles. The molecule has 0 bridgehead atoms. The summed E-state index contributed by atoms with van der Waals surface area (Å²) in [6.45, 7) is 9.78. The number of para-hydroxylation sites is 1. The third-order valence-electron chi connectivity index (χ3n) is 3.26. The molecule has 0 amide bonds. The van der Waals surface area contributed by atoms with Gasteiger partial charge < -0.3 is 5.32 Å². The SMILES string of the molecule is C=C/C=C(\C=C/C)Nc1ccccc1C1C=CC=CC1.CC. The lowest BCUT2D eigenvalue weighted by Gasteiger charge is -2.19. The molecule has 1 nitrogen and oxygen atoms in total. The Balaban J connectivity index is 0.00000116. The van der Waals surface area contributed by atoms with Crippen LogP contribution < -0.4 is 5.32 Å². The lowest BCUT2D eigenvalue weighted by atomic mass is 9.91. The molecule has 116 valence electrons. The Hall–Kier alpha value is -2.28. The molecule has 0 saturated heterocycles. The molecule has 1 unspecified atom stereocenters. The number of hydrogen-bond donors (Lipinski definition) is 1. The molecule has 1 aromatic carbocycles. The van der Waals surface area contributed by atoms with Crippen LogP contribution in [0.1, 0.15) is 38.7 Å². The van der Waals surface area contributed by atoms with E-state index in [-0.39, 0.29) is 0 Å². The van der Waals surface area contributed by atoms with Crippen molar-refractivity contribution < 1.29 is 0 Å². The van der Waals surface area contributed by atoms with Crippen LogP contribution in [-0.2, 0) is 0 Å². The fourth-order valence-corrected chi connectivity index (χ4v) is 2.35. The normalized spacial score (nSPS) is 17.0. The fourth-order valence-electron chi connectivity index (χ4n) is 2.35. The van der Waals surface area contributed by atoms with Gasteiger partial charge in [-0.2, -0.15) is 0 Å². The van der Waals surface area contributed by atoms with Crippen molar-refractivity contribution in [3.63, 3.8) is 0 Å². The van der Waals surface area contributed by atoms with E-state index in [0.29, 0.717) is 5.92 Å². The van der Waals surface area contributed by atoms with Gasteiger partial charge in [-0.1, -0.05) is 75.1 Å². The van der Waals surface area contributed by atoms with E-state index in [9.17, 15) is 0 Å². The van der Waals surface area contributed by atoms with E-state index in [4.69, 9.17) is 0 Å². The average molecular weight is 293 g/mol. The first kappa shape index (κ1) is 17.8. The highest BCUT2D eigenvalue weighted by Crippen LogP contribution is 2.31. The quantitative estimate of drug-likeness (QED) is 0.622. The zero-order valence-corrected chi connectivity index (χ0v) is 13.9. The highest BCUT2D eigenvalue weighted by molar-refractivity contribution is 5.59. The Bertz CT molecular complexity index is 573. The van der Waals surface area contributed by atoms with Gasteiger partial charge in [0.05, 0.1) is 0 Å². The van der Waals surface area contributed by atoms with E-state index in [1.165, 1.54) is 5.56 Å². The molecule has 0 aliphatic heterocycles. The predicted octanol–water partition coefficient (Wildman–Crippen LogP) is 6.37. The van der Waals surface area contributed by atoms with E-state index in [2.05, 4.69) is 66.5 Å². The number of hydrogen-bond acceptors (Lipinski definition) is 1. The first-order valence-corrected chi connectivity index (χ1v) is 8.00. The van der Waals surface area contributed by atoms with Crippen LogP contribution in [-0.4, -0.2) is 0 Å². The van der Waals surface area contributed by atoms with Gasteiger partial charge in [0.2, 0.25) is 0 Å². The summed E-state index contributed by atoms with van der Waals surface area (Å²) in [5.74, 6) is 0.444. The molecule has 22 heavy (non-hydrogen) atoms. The zero-order valence-electron chi connectivity index (χ0n) is 13.9. The van der Waals surface area contributed by atoms with E-state index in [1.54, 1.807) is 6.08 Å². The third-order valence-corrected chi connectivity index (χ3v) is 3.26. The number of allylic oxidation sites excluding steroid dienone is 8. The predicted molar refractivity (Wildman–Crippen MR) is 100 cm³/mol. The van der Waals surface area contributed by atoms with Crippen LogP contribution in [0, 0.1) is 0 Å². The van der Waals surface area contributed by atoms with Crippen LogP contribution in [0.5, 0.6) is 0 Å². The molecule has 1 aliphatic rings. The van der Waals surface area contributed by atoms with Gasteiger partial charge in [-0.25, -0.2) is 0 Å². The number of benzene rings is 1. The Morgan fingerprint density at radius 2 is 2.00 bits per heavy atom. The van der Waals surface area contributed by atoms with Crippen LogP contribution in [0.3, 0.4) is 0 Å². The van der Waals surface area contributed by atoms with Gasteiger partial charge in [0.1, 0.15) is 0 Å². The highest BCUT2D eigenvalue weighted by Gasteiger charge is 2.12. The van der Waals surface area contributed by atoms with Crippen LogP contribution in [0.25, 0.3) is 0 Å². The standard InChI is InChI=1S/C19H21N.C2H6/c1-3-10-17(11-4-2)20-19-15-9-8-14-18(19)16-12-6-5-7-13-16;1-2/h3-12,14-16,20H,1,13H2,2H3;1-2H3/b11-4-,17-10+;. The van der Waals surface area contributed by atoms with Crippen LogP contribution in [0.2, 0.25) is 0 Å². The molecule has 2 rings (SSSR count). The second-order valence-electron chi connectivity index (χ2n) is 4.73. The molecule has 0 radical (unpaired) electrons. The Kier molecular flexibility index (Phi) is 8.44. The summed E-state index contributed by atoms with van der Waals surface area (Å²) in [6.07, 6.45) is 17.6. The topological polar surface area (TPSA) is 12.0 Å². The minimum absolute atomic E-state index is 0.444. The van der Waals surface area contributed by atoms with Crippen molar-refractivity contribution in [3.8, 4) is 0 Å². The van der Waals surface area contributed by atoms with Gasteiger partial charge >= 0.3 is 0 Å². The van der Waals surface area contributed by atoms with Crippen molar-refractivity contribution in [1.82, 2.24) is 0 Å². The van der Waals surface area contributed by atoms with E-state index in [1.807, 2.05) is 32.9 Å². The lowest BCUT2D eigenvalue weighted by molar-refractivity contribution is 0.855. The summed E-state index contributed by atoms with van der Waals surface area (Å²) >= 11 is 0. The van der Waals surface area contributed by atoms with E-state index < -0.39 is 0 Å². The largest absolute Gasteiger partial charge is 0.355 e. The number of nitrogens with one attached hydrogen (secondary N) is 1. The fraction of sp³-hybridized carbons (Fsp3) is 0.238. The summed E-state index contributed by atoms with van der Waals surface area (Å²) in [7, 11) is 0. The Morgan fingerprint density at radius 3 is 2.64 bits per heavy atom. The summed E-state index contributed by atoms with van der Waals surface area (Å²) in [5, 5.41) is 3.49. The zero-order chi connectivity index (χ0) is 16.2. The monoisotopic (exact) mass is 293 g/mol. The first-order valence-electron chi connectivity index (χ1n) is 8.00. The molecule has 0 fully saturated rings. The summed E-state index contributed by atoms with van der Waals surface area (Å²) in [4.78, 5) is 0. The van der Waals surface area contributed by atoms with Crippen molar-refractivity contribution in [1.29, 1.82) is 0 Å². The molecule has 1 aliphatic carbocycles. The van der Waals surface area contributed by atoms with Gasteiger partial charge in [0, 0.05) is 17.3 Å². The maximum atomic E-state index is 3.77. The maximum absolute atomic E-state index is 3.77. The van der Waals surface area contributed by atoms with E-state index in [0.717, 1.165) is 17.8 Å². The maximum Gasteiger partial charge on any atom is 0.0422 e. The van der Waals surface area contributed by atoms with Crippen LogP contribution >= 0.6 is 0 Å². The second kappa shape index (κ2) is 10.4.